The molecule has 0 radical (unpaired) electrons. The molecule has 0 saturated carbocycles. The number of halogens is 3. The minimum absolute atomic E-state index is 0.0641. The fourth-order valence-corrected chi connectivity index (χ4v) is 4.05. The van der Waals surface area contributed by atoms with E-state index >= 15 is 0 Å². The van der Waals surface area contributed by atoms with E-state index in [4.69, 9.17) is 0 Å². The molecule has 2 heterocycles. The molecular formula is C16H18F3N5O2S. The number of allylic oxidation sites excluding steroid dienone is 2. The largest absolute Gasteiger partial charge is 0.432 e. The molecule has 0 amide bonds. The molecule has 1 aliphatic carbocycles. The second kappa shape index (κ2) is 6.32. The van der Waals surface area contributed by atoms with Gasteiger partial charge in [0.05, 0.1) is 10.4 Å². The molecular weight excluding hydrogens is 383 g/mol. The van der Waals surface area contributed by atoms with Gasteiger partial charge in [-0.1, -0.05) is 6.08 Å². The van der Waals surface area contributed by atoms with Crippen LogP contribution in [0.5, 0.6) is 0 Å². The molecule has 0 aromatic carbocycles. The Morgan fingerprint density at radius 3 is 2.48 bits per heavy atom. The van der Waals surface area contributed by atoms with E-state index in [0.717, 1.165) is 6.07 Å². The molecule has 7 nitrogen and oxygen atoms in total. The predicted octanol–water partition coefficient (Wildman–Crippen LogP) is 3.16. The molecule has 1 aliphatic rings. The standard InChI is InChI=1S/C16H18F3N5O2S/c1-15(2,3)27(25,26)9-4-5-11-10(6-9)14(21-8-20-11)22-13-7-12(23-24-13)16(17,18)19/h4,7-8H,5-6H2,1-3H3,(H2,20,21,22,23,24). The van der Waals surface area contributed by atoms with E-state index in [-0.39, 0.29) is 23.0 Å². The van der Waals surface area contributed by atoms with Gasteiger partial charge >= 0.3 is 6.18 Å². The number of hydrogen-bond acceptors (Lipinski definition) is 6. The lowest BCUT2D eigenvalue weighted by atomic mass is 10.0. The van der Waals surface area contributed by atoms with E-state index in [9.17, 15) is 21.6 Å². The van der Waals surface area contributed by atoms with Gasteiger partial charge in [-0.05, 0) is 20.8 Å². The van der Waals surface area contributed by atoms with Crippen LogP contribution in [0.3, 0.4) is 0 Å². The summed E-state index contributed by atoms with van der Waals surface area (Å²) >= 11 is 0. The van der Waals surface area contributed by atoms with Crippen molar-refractivity contribution >= 4 is 21.5 Å². The van der Waals surface area contributed by atoms with Crippen LogP contribution in [0.15, 0.2) is 23.4 Å². The molecule has 146 valence electrons. The first-order valence-electron chi connectivity index (χ1n) is 8.05. The number of fused-ring (bicyclic) bond motifs is 1. The Kier molecular flexibility index (Phi) is 4.53. The maximum atomic E-state index is 12.7. The number of alkyl halides is 3. The highest BCUT2D eigenvalue weighted by atomic mass is 32.2. The lowest BCUT2D eigenvalue weighted by molar-refractivity contribution is -0.141. The Bertz CT molecular complexity index is 1000. The van der Waals surface area contributed by atoms with Crippen LogP contribution < -0.4 is 5.32 Å². The number of nitrogens with one attached hydrogen (secondary N) is 2. The Morgan fingerprint density at radius 1 is 1.19 bits per heavy atom. The van der Waals surface area contributed by atoms with E-state index in [2.05, 4.69) is 20.4 Å². The molecule has 3 rings (SSSR count). The Labute approximate surface area is 154 Å². The predicted molar refractivity (Wildman–Crippen MR) is 93.1 cm³/mol. The number of aromatic nitrogens is 4. The van der Waals surface area contributed by atoms with Crippen molar-refractivity contribution in [2.24, 2.45) is 0 Å². The molecule has 27 heavy (non-hydrogen) atoms. The summed E-state index contributed by atoms with van der Waals surface area (Å²) in [6, 6.07) is 0.819. The summed E-state index contributed by atoms with van der Waals surface area (Å²) in [5.74, 6) is 0.160. The van der Waals surface area contributed by atoms with E-state index < -0.39 is 26.5 Å². The van der Waals surface area contributed by atoms with E-state index in [1.807, 2.05) is 5.10 Å². The van der Waals surface area contributed by atoms with Crippen LogP contribution in [0.2, 0.25) is 0 Å². The normalized spacial score (nSPS) is 15.3. The van der Waals surface area contributed by atoms with Gasteiger partial charge in [-0.15, -0.1) is 0 Å². The van der Waals surface area contributed by atoms with Crippen molar-refractivity contribution in [1.29, 1.82) is 0 Å². The van der Waals surface area contributed by atoms with Crippen LogP contribution >= 0.6 is 0 Å². The van der Waals surface area contributed by atoms with Gasteiger partial charge in [0.2, 0.25) is 0 Å². The second-order valence-electron chi connectivity index (χ2n) is 7.10. The monoisotopic (exact) mass is 401 g/mol. The third-order valence-corrected chi connectivity index (χ3v) is 6.80. The van der Waals surface area contributed by atoms with Crippen LogP contribution in [-0.2, 0) is 28.9 Å². The Balaban J connectivity index is 1.92. The Morgan fingerprint density at radius 2 is 1.89 bits per heavy atom. The van der Waals surface area contributed by atoms with E-state index in [1.165, 1.54) is 6.33 Å². The van der Waals surface area contributed by atoms with E-state index in [1.54, 1.807) is 26.8 Å². The third kappa shape index (κ3) is 3.68. The van der Waals surface area contributed by atoms with Crippen molar-refractivity contribution < 1.29 is 21.6 Å². The third-order valence-electron chi connectivity index (χ3n) is 4.19. The van der Waals surface area contributed by atoms with Crippen LogP contribution in [0.4, 0.5) is 24.8 Å². The van der Waals surface area contributed by atoms with Gasteiger partial charge in [0.15, 0.2) is 15.7 Å². The summed E-state index contributed by atoms with van der Waals surface area (Å²) < 4.78 is 62.6. The topological polar surface area (TPSA) is 101 Å². The van der Waals surface area contributed by atoms with Gasteiger partial charge < -0.3 is 5.32 Å². The van der Waals surface area contributed by atoms with Crippen molar-refractivity contribution in [3.63, 3.8) is 0 Å². The summed E-state index contributed by atoms with van der Waals surface area (Å²) in [6.07, 6.45) is -1.29. The average Bonchev–Trinajstić information content (AvgIpc) is 3.02. The van der Waals surface area contributed by atoms with Crippen molar-refractivity contribution in [2.75, 3.05) is 5.32 Å². The zero-order chi connectivity index (χ0) is 20.0. The summed E-state index contributed by atoms with van der Waals surface area (Å²) in [6.45, 7) is 4.84. The molecule has 2 aromatic rings. The number of sulfone groups is 1. The number of nitrogens with zero attached hydrogens (tertiary/aromatic N) is 3. The molecule has 0 fully saturated rings. The van der Waals surface area contributed by atoms with Crippen LogP contribution in [0, 0.1) is 0 Å². The molecule has 0 saturated heterocycles. The van der Waals surface area contributed by atoms with Gasteiger partial charge in [0, 0.05) is 29.4 Å². The molecule has 0 unspecified atom stereocenters. The maximum Gasteiger partial charge on any atom is 0.432 e. The van der Waals surface area contributed by atoms with Gasteiger partial charge in [-0.3, -0.25) is 5.10 Å². The first-order valence-corrected chi connectivity index (χ1v) is 9.54. The average molecular weight is 401 g/mol. The number of anilines is 2. The minimum atomic E-state index is -4.55. The minimum Gasteiger partial charge on any atom is -0.323 e. The van der Waals surface area contributed by atoms with E-state index in [0.29, 0.717) is 17.7 Å². The molecule has 0 aliphatic heterocycles. The molecule has 0 spiro atoms. The molecule has 2 N–H and O–H groups in total. The van der Waals surface area contributed by atoms with Crippen molar-refractivity contribution in [2.45, 2.75) is 44.5 Å². The van der Waals surface area contributed by atoms with Gasteiger partial charge in [-0.25, -0.2) is 18.4 Å². The van der Waals surface area contributed by atoms with Gasteiger partial charge in [0.25, 0.3) is 0 Å². The van der Waals surface area contributed by atoms with Crippen LogP contribution in [-0.4, -0.2) is 33.3 Å². The SMILES string of the molecule is CC(C)(C)S(=O)(=O)C1=CCc2ncnc(Nc3cc(C(F)(F)F)[nH]n3)c2C1. The number of rotatable bonds is 3. The second-order valence-corrected chi connectivity index (χ2v) is 9.86. The lowest BCUT2D eigenvalue weighted by Crippen LogP contribution is -2.31. The highest BCUT2D eigenvalue weighted by molar-refractivity contribution is 7.96. The Hall–Kier alpha value is -2.43. The summed E-state index contributed by atoms with van der Waals surface area (Å²) in [4.78, 5) is 8.45. The number of hydrogen-bond donors (Lipinski definition) is 2. The van der Waals surface area contributed by atoms with Crippen molar-refractivity contribution in [1.82, 2.24) is 20.2 Å². The zero-order valence-corrected chi connectivity index (χ0v) is 15.7. The highest BCUT2D eigenvalue weighted by Crippen LogP contribution is 2.34. The number of aromatic amines is 1. The smallest absolute Gasteiger partial charge is 0.323 e. The molecule has 2 aromatic heterocycles. The lowest BCUT2D eigenvalue weighted by Gasteiger charge is -2.25. The van der Waals surface area contributed by atoms with Crippen molar-refractivity contribution in [3.05, 3.63) is 40.3 Å². The first kappa shape index (κ1) is 19.3. The molecule has 0 bridgehead atoms. The zero-order valence-electron chi connectivity index (χ0n) is 14.8. The summed E-state index contributed by atoms with van der Waals surface area (Å²) in [7, 11) is -3.54. The molecule has 11 heteroatoms. The summed E-state index contributed by atoms with van der Waals surface area (Å²) in [5, 5.41) is 8.22. The van der Waals surface area contributed by atoms with Crippen molar-refractivity contribution in [3.8, 4) is 0 Å². The fraction of sp³-hybridized carbons (Fsp3) is 0.438. The highest BCUT2D eigenvalue weighted by Gasteiger charge is 2.35. The van der Waals surface area contributed by atoms with Gasteiger partial charge in [-0.2, -0.15) is 18.3 Å². The summed E-state index contributed by atoms with van der Waals surface area (Å²) in [5.41, 5.74) is 0.148. The maximum absolute atomic E-state index is 12.7. The van der Waals surface area contributed by atoms with Gasteiger partial charge in [0.1, 0.15) is 17.8 Å². The quantitative estimate of drug-likeness (QED) is 0.819. The molecule has 0 atom stereocenters. The fourth-order valence-electron chi connectivity index (χ4n) is 2.63. The first-order chi connectivity index (χ1) is 12.4. The van der Waals surface area contributed by atoms with Crippen LogP contribution in [0.25, 0.3) is 0 Å². The van der Waals surface area contributed by atoms with Crippen LogP contribution in [0.1, 0.15) is 37.7 Å². The number of H-pyrrole nitrogens is 1.